The van der Waals surface area contributed by atoms with Crippen LogP contribution < -0.4 is 11.1 Å². The third kappa shape index (κ3) is 4.03. The van der Waals surface area contributed by atoms with Gasteiger partial charge in [0.2, 0.25) is 10.0 Å². The van der Waals surface area contributed by atoms with Gasteiger partial charge in [0.05, 0.1) is 0 Å². The molecule has 1 amide bonds. The van der Waals surface area contributed by atoms with Crippen LogP contribution in [0.3, 0.4) is 0 Å². The number of rotatable bonds is 6. The normalized spacial score (nSPS) is 20.5. The zero-order chi connectivity index (χ0) is 17.2. The molecule has 0 bridgehead atoms. The molecule has 132 valence electrons. The fourth-order valence-corrected chi connectivity index (χ4v) is 3.98. The lowest BCUT2D eigenvalue weighted by atomic mass is 10.1. The average molecular weight is 354 g/mol. The molecule has 1 aromatic rings. The quantitative estimate of drug-likeness (QED) is 0.770. The minimum Gasteiger partial charge on any atom is -0.360 e. The van der Waals surface area contributed by atoms with Crippen LogP contribution in [-0.2, 0) is 10.0 Å². The summed E-state index contributed by atoms with van der Waals surface area (Å²) in [6, 6.07) is 1.63. The number of nitrogens with one attached hydrogen (secondary N) is 1. The van der Waals surface area contributed by atoms with Gasteiger partial charge in [-0.25, -0.2) is 8.42 Å². The summed E-state index contributed by atoms with van der Waals surface area (Å²) in [6.45, 7) is 0.926. The van der Waals surface area contributed by atoms with Crippen LogP contribution >= 0.6 is 0 Å². The average Bonchev–Trinajstić information content (AvgIpc) is 3.30. The van der Waals surface area contributed by atoms with Crippen LogP contribution in [-0.4, -0.2) is 49.5 Å². The summed E-state index contributed by atoms with van der Waals surface area (Å²) >= 11 is 0. The fraction of sp³-hybridized carbons (Fsp3) is 0.600. The molecule has 0 aromatic carbocycles. The topological polar surface area (TPSA) is 119 Å². The summed E-state index contributed by atoms with van der Waals surface area (Å²) in [5.74, 6) is 0.914. The highest BCUT2D eigenvalue weighted by atomic mass is 32.2. The van der Waals surface area contributed by atoms with Crippen molar-refractivity contribution in [2.45, 2.75) is 37.6 Å². The lowest BCUT2D eigenvalue weighted by Crippen LogP contribution is -2.46. The summed E-state index contributed by atoms with van der Waals surface area (Å²) in [5.41, 5.74) is 5.58. The molecule has 9 heteroatoms. The van der Waals surface area contributed by atoms with Gasteiger partial charge >= 0.3 is 0 Å². The summed E-state index contributed by atoms with van der Waals surface area (Å²) < 4.78 is 30.7. The molecule has 1 saturated heterocycles. The van der Waals surface area contributed by atoms with E-state index >= 15 is 0 Å². The highest BCUT2D eigenvalue weighted by Crippen LogP contribution is 2.40. The Bertz CT molecular complexity index is 716. The SMILES string of the molecule is NCC=CS(=O)(=O)N1CCC(NC(=O)c2cc(C3CC3)on2)CC1. The molecule has 1 saturated carbocycles. The number of nitrogens with two attached hydrogens (primary N) is 1. The third-order valence-electron chi connectivity index (χ3n) is 4.29. The predicted octanol–water partition coefficient (Wildman–Crippen LogP) is 0.548. The van der Waals surface area contributed by atoms with Gasteiger partial charge in [0.1, 0.15) is 5.76 Å². The number of sulfonamides is 1. The van der Waals surface area contributed by atoms with E-state index in [1.165, 1.54) is 10.4 Å². The van der Waals surface area contributed by atoms with Crippen molar-refractivity contribution < 1.29 is 17.7 Å². The van der Waals surface area contributed by atoms with Crippen molar-refractivity contribution in [2.75, 3.05) is 19.6 Å². The van der Waals surface area contributed by atoms with Crippen molar-refractivity contribution in [1.29, 1.82) is 0 Å². The van der Waals surface area contributed by atoms with Crippen LogP contribution in [0.2, 0.25) is 0 Å². The maximum Gasteiger partial charge on any atom is 0.273 e. The molecular formula is C15H22N4O4S. The number of aromatic nitrogens is 1. The van der Waals surface area contributed by atoms with Gasteiger partial charge < -0.3 is 15.6 Å². The van der Waals surface area contributed by atoms with E-state index in [1.54, 1.807) is 6.07 Å². The van der Waals surface area contributed by atoms with Gasteiger partial charge in [-0.05, 0) is 25.7 Å². The third-order valence-corrected chi connectivity index (χ3v) is 5.92. The molecule has 0 unspecified atom stereocenters. The van der Waals surface area contributed by atoms with E-state index in [0.29, 0.717) is 31.8 Å². The monoisotopic (exact) mass is 354 g/mol. The van der Waals surface area contributed by atoms with E-state index in [2.05, 4.69) is 10.5 Å². The number of carbonyl (C=O) groups excluding carboxylic acids is 1. The molecule has 2 heterocycles. The van der Waals surface area contributed by atoms with Crippen LogP contribution in [0.5, 0.6) is 0 Å². The Kier molecular flexibility index (Phi) is 5.02. The lowest BCUT2D eigenvalue weighted by molar-refractivity contribution is 0.0914. The molecule has 0 spiro atoms. The largest absolute Gasteiger partial charge is 0.360 e. The minimum atomic E-state index is -3.42. The smallest absolute Gasteiger partial charge is 0.273 e. The van der Waals surface area contributed by atoms with Crippen molar-refractivity contribution >= 4 is 15.9 Å². The highest BCUT2D eigenvalue weighted by molar-refractivity contribution is 7.92. The summed E-state index contributed by atoms with van der Waals surface area (Å²) in [7, 11) is -3.42. The van der Waals surface area contributed by atoms with Crippen LogP contribution in [0.15, 0.2) is 22.1 Å². The van der Waals surface area contributed by atoms with Crippen LogP contribution in [0, 0.1) is 0 Å². The second kappa shape index (κ2) is 7.04. The number of hydrogen-bond acceptors (Lipinski definition) is 6. The number of amides is 1. The van der Waals surface area contributed by atoms with E-state index < -0.39 is 10.0 Å². The Morgan fingerprint density at radius 3 is 2.71 bits per heavy atom. The van der Waals surface area contributed by atoms with Crippen molar-refractivity contribution in [1.82, 2.24) is 14.8 Å². The molecule has 3 rings (SSSR count). The molecule has 1 aromatic heterocycles. The number of carbonyl (C=O) groups is 1. The Hall–Kier alpha value is -1.71. The van der Waals surface area contributed by atoms with Crippen LogP contribution in [0.4, 0.5) is 0 Å². The number of piperidine rings is 1. The van der Waals surface area contributed by atoms with Crippen LogP contribution in [0.25, 0.3) is 0 Å². The lowest BCUT2D eigenvalue weighted by Gasteiger charge is -2.30. The standard InChI is InChI=1S/C15H22N4O4S/c16-6-1-9-24(21,22)19-7-4-12(5-8-19)17-15(20)13-10-14(23-18-13)11-2-3-11/h1,9-12H,2-8,16H2,(H,17,20). The summed E-state index contributed by atoms with van der Waals surface area (Å²) in [4.78, 5) is 12.2. The van der Waals surface area contributed by atoms with Crippen LogP contribution in [0.1, 0.15) is 47.8 Å². The maximum atomic E-state index is 12.2. The van der Waals surface area contributed by atoms with Gasteiger partial charge in [-0.2, -0.15) is 4.31 Å². The van der Waals surface area contributed by atoms with E-state index in [1.807, 2.05) is 0 Å². The first-order chi connectivity index (χ1) is 11.5. The first kappa shape index (κ1) is 17.1. The Balaban J connectivity index is 1.51. The van der Waals surface area contributed by atoms with Crippen molar-refractivity contribution in [3.05, 3.63) is 29.0 Å². The van der Waals surface area contributed by atoms with Gasteiger partial charge in [0.15, 0.2) is 5.69 Å². The zero-order valence-electron chi connectivity index (χ0n) is 13.3. The van der Waals surface area contributed by atoms with Gasteiger partial charge in [-0.1, -0.05) is 11.2 Å². The van der Waals surface area contributed by atoms with Gasteiger partial charge in [0.25, 0.3) is 5.91 Å². The molecule has 1 aliphatic carbocycles. The summed E-state index contributed by atoms with van der Waals surface area (Å²) in [6.07, 6.45) is 4.72. The van der Waals surface area contributed by atoms with Crippen molar-refractivity contribution in [3.63, 3.8) is 0 Å². The Morgan fingerprint density at radius 2 is 2.08 bits per heavy atom. The minimum absolute atomic E-state index is 0.0662. The second-order valence-electron chi connectivity index (χ2n) is 6.19. The number of nitrogens with zero attached hydrogens (tertiary/aromatic N) is 2. The molecule has 1 aliphatic heterocycles. The first-order valence-electron chi connectivity index (χ1n) is 8.14. The fourth-order valence-electron chi connectivity index (χ4n) is 2.73. The molecular weight excluding hydrogens is 332 g/mol. The van der Waals surface area contributed by atoms with Gasteiger partial charge in [-0.15, -0.1) is 0 Å². The maximum absolute atomic E-state index is 12.2. The van der Waals surface area contributed by atoms with Crippen molar-refractivity contribution in [2.24, 2.45) is 5.73 Å². The van der Waals surface area contributed by atoms with Gasteiger partial charge in [-0.3, -0.25) is 4.79 Å². The predicted molar refractivity (Wildman–Crippen MR) is 87.7 cm³/mol. The van der Waals surface area contributed by atoms with Crippen molar-refractivity contribution in [3.8, 4) is 0 Å². The highest BCUT2D eigenvalue weighted by Gasteiger charge is 2.30. The molecule has 24 heavy (non-hydrogen) atoms. The second-order valence-corrected chi connectivity index (χ2v) is 8.01. The Labute approximate surface area is 141 Å². The Morgan fingerprint density at radius 1 is 1.38 bits per heavy atom. The van der Waals surface area contributed by atoms with Gasteiger partial charge in [0, 0.05) is 43.1 Å². The molecule has 8 nitrogen and oxygen atoms in total. The van der Waals surface area contributed by atoms with E-state index in [9.17, 15) is 13.2 Å². The number of hydrogen-bond donors (Lipinski definition) is 2. The molecule has 2 aliphatic rings. The summed E-state index contributed by atoms with van der Waals surface area (Å²) in [5, 5.41) is 7.86. The van der Waals surface area contributed by atoms with E-state index in [4.69, 9.17) is 10.3 Å². The molecule has 0 radical (unpaired) electrons. The zero-order valence-corrected chi connectivity index (χ0v) is 14.2. The molecule has 0 atom stereocenters. The molecule has 2 fully saturated rings. The first-order valence-corrected chi connectivity index (χ1v) is 9.64. The van der Waals surface area contributed by atoms with E-state index in [0.717, 1.165) is 24.0 Å². The van der Waals surface area contributed by atoms with E-state index in [-0.39, 0.29) is 24.2 Å². The molecule has 3 N–H and O–H groups in total.